The summed E-state index contributed by atoms with van der Waals surface area (Å²) in [4.78, 5) is 0. The van der Waals surface area contributed by atoms with Crippen LogP contribution in [0.2, 0.25) is 0 Å². The van der Waals surface area contributed by atoms with Crippen molar-refractivity contribution in [2.24, 2.45) is 0 Å². The number of nitriles is 1. The molecule has 1 aliphatic rings. The van der Waals surface area contributed by atoms with Gasteiger partial charge in [0.05, 0.1) is 11.6 Å². The van der Waals surface area contributed by atoms with E-state index < -0.39 is 0 Å². The van der Waals surface area contributed by atoms with Gasteiger partial charge in [-0.25, -0.2) is 0 Å². The Labute approximate surface area is 83.9 Å². The first kappa shape index (κ1) is 8.98. The lowest BCUT2D eigenvalue weighted by Gasteiger charge is -2.13. The van der Waals surface area contributed by atoms with Gasteiger partial charge in [-0.05, 0) is 36.2 Å². The van der Waals surface area contributed by atoms with Crippen LogP contribution in [0.25, 0.3) is 5.57 Å². The van der Waals surface area contributed by atoms with Crippen LogP contribution in [0.15, 0.2) is 30.3 Å². The molecule has 0 bridgehead atoms. The van der Waals surface area contributed by atoms with Crippen LogP contribution in [0.3, 0.4) is 0 Å². The minimum atomic E-state index is 0.725. The highest BCUT2D eigenvalue weighted by molar-refractivity contribution is 5.67. The summed E-state index contributed by atoms with van der Waals surface area (Å²) < 4.78 is 0. The van der Waals surface area contributed by atoms with Crippen molar-refractivity contribution in [3.05, 3.63) is 41.5 Å². The first-order chi connectivity index (χ1) is 6.90. The van der Waals surface area contributed by atoms with Gasteiger partial charge < -0.3 is 5.32 Å². The Kier molecular flexibility index (Phi) is 2.62. The summed E-state index contributed by atoms with van der Waals surface area (Å²) in [6.45, 7) is 2.00. The summed E-state index contributed by atoms with van der Waals surface area (Å²) in [6, 6.07) is 9.92. The number of nitrogens with zero attached hydrogens (tertiary/aromatic N) is 1. The Balaban J connectivity index is 2.25. The van der Waals surface area contributed by atoms with Crippen molar-refractivity contribution in [1.29, 1.82) is 5.26 Å². The minimum absolute atomic E-state index is 0.725. The highest BCUT2D eigenvalue weighted by Crippen LogP contribution is 2.19. The normalized spacial score (nSPS) is 15.8. The Bertz CT molecular complexity index is 382. The van der Waals surface area contributed by atoms with Crippen molar-refractivity contribution in [1.82, 2.24) is 5.32 Å². The molecule has 70 valence electrons. The summed E-state index contributed by atoms with van der Waals surface area (Å²) in [5.74, 6) is 0. The Morgan fingerprint density at radius 3 is 2.57 bits per heavy atom. The molecule has 1 aliphatic heterocycles. The molecule has 0 fully saturated rings. The molecule has 0 saturated heterocycles. The standard InChI is InChI=1S/C12H12N2/c13-9-10-1-3-11(4-2-10)12-5-7-14-8-6-12/h1-5,14H,6-8H2. The molecule has 0 amide bonds. The molecule has 1 aromatic rings. The molecular weight excluding hydrogens is 172 g/mol. The van der Waals surface area contributed by atoms with E-state index in [0.29, 0.717) is 0 Å². The lowest BCUT2D eigenvalue weighted by atomic mass is 9.99. The van der Waals surface area contributed by atoms with Crippen LogP contribution in [0.5, 0.6) is 0 Å². The lowest BCUT2D eigenvalue weighted by Crippen LogP contribution is -2.19. The van der Waals surface area contributed by atoms with E-state index in [9.17, 15) is 0 Å². The van der Waals surface area contributed by atoms with Crippen molar-refractivity contribution in [3.8, 4) is 6.07 Å². The largest absolute Gasteiger partial charge is 0.313 e. The summed E-state index contributed by atoms with van der Waals surface area (Å²) >= 11 is 0. The van der Waals surface area contributed by atoms with Gasteiger partial charge in [0.1, 0.15) is 0 Å². The van der Waals surface area contributed by atoms with Crippen LogP contribution >= 0.6 is 0 Å². The van der Waals surface area contributed by atoms with Crippen LogP contribution in [0, 0.1) is 11.3 Å². The van der Waals surface area contributed by atoms with Crippen molar-refractivity contribution in [2.75, 3.05) is 13.1 Å². The molecule has 2 rings (SSSR count). The highest BCUT2D eigenvalue weighted by Gasteiger charge is 2.04. The lowest BCUT2D eigenvalue weighted by molar-refractivity contribution is 0.738. The van der Waals surface area contributed by atoms with Crippen LogP contribution in [-0.4, -0.2) is 13.1 Å². The maximum absolute atomic E-state index is 8.66. The fourth-order valence-corrected chi connectivity index (χ4v) is 1.64. The average molecular weight is 184 g/mol. The Morgan fingerprint density at radius 2 is 2.00 bits per heavy atom. The fourth-order valence-electron chi connectivity index (χ4n) is 1.64. The zero-order chi connectivity index (χ0) is 9.80. The number of hydrogen-bond acceptors (Lipinski definition) is 2. The quantitative estimate of drug-likeness (QED) is 0.724. The van der Waals surface area contributed by atoms with E-state index in [2.05, 4.69) is 17.5 Å². The molecule has 1 heterocycles. The van der Waals surface area contributed by atoms with Gasteiger partial charge in [-0.2, -0.15) is 5.26 Å². The van der Waals surface area contributed by atoms with Gasteiger partial charge in [-0.3, -0.25) is 0 Å². The predicted octanol–water partition coefficient (Wildman–Crippen LogP) is 1.93. The molecular formula is C12H12N2. The second-order valence-corrected chi connectivity index (χ2v) is 3.37. The first-order valence-corrected chi connectivity index (χ1v) is 4.80. The van der Waals surface area contributed by atoms with Crippen molar-refractivity contribution >= 4 is 5.57 Å². The third-order valence-corrected chi connectivity index (χ3v) is 2.45. The average Bonchev–Trinajstić information content (AvgIpc) is 2.30. The van der Waals surface area contributed by atoms with Crippen LogP contribution in [0.1, 0.15) is 17.5 Å². The van der Waals surface area contributed by atoms with Gasteiger partial charge in [0.15, 0.2) is 0 Å². The van der Waals surface area contributed by atoms with Gasteiger partial charge in [0.2, 0.25) is 0 Å². The van der Waals surface area contributed by atoms with E-state index >= 15 is 0 Å². The number of hydrogen-bond donors (Lipinski definition) is 1. The Morgan fingerprint density at radius 1 is 1.21 bits per heavy atom. The second-order valence-electron chi connectivity index (χ2n) is 3.37. The minimum Gasteiger partial charge on any atom is -0.313 e. The zero-order valence-electron chi connectivity index (χ0n) is 7.96. The Hall–Kier alpha value is -1.59. The van der Waals surface area contributed by atoms with E-state index in [-0.39, 0.29) is 0 Å². The van der Waals surface area contributed by atoms with Crippen molar-refractivity contribution in [2.45, 2.75) is 6.42 Å². The van der Waals surface area contributed by atoms with Crippen LogP contribution in [0.4, 0.5) is 0 Å². The van der Waals surface area contributed by atoms with Gasteiger partial charge in [0.25, 0.3) is 0 Å². The van der Waals surface area contributed by atoms with Gasteiger partial charge in [-0.1, -0.05) is 18.2 Å². The maximum Gasteiger partial charge on any atom is 0.0991 e. The molecule has 0 saturated carbocycles. The van der Waals surface area contributed by atoms with E-state index in [1.165, 1.54) is 11.1 Å². The summed E-state index contributed by atoms with van der Waals surface area (Å²) in [7, 11) is 0. The van der Waals surface area contributed by atoms with Crippen molar-refractivity contribution in [3.63, 3.8) is 0 Å². The highest BCUT2D eigenvalue weighted by atomic mass is 14.8. The summed E-state index contributed by atoms with van der Waals surface area (Å²) in [6.07, 6.45) is 3.29. The molecule has 0 radical (unpaired) electrons. The molecule has 0 spiro atoms. The molecule has 0 atom stereocenters. The fraction of sp³-hybridized carbons (Fsp3) is 0.250. The van der Waals surface area contributed by atoms with E-state index in [0.717, 1.165) is 25.1 Å². The van der Waals surface area contributed by atoms with Gasteiger partial charge in [0, 0.05) is 6.54 Å². The predicted molar refractivity (Wildman–Crippen MR) is 56.6 cm³/mol. The third kappa shape index (κ3) is 1.84. The number of rotatable bonds is 1. The summed E-state index contributed by atoms with van der Waals surface area (Å²) in [5, 5.41) is 11.9. The second kappa shape index (κ2) is 4.08. The molecule has 0 aliphatic carbocycles. The topological polar surface area (TPSA) is 35.8 Å². The molecule has 2 heteroatoms. The van der Waals surface area contributed by atoms with Gasteiger partial charge in [-0.15, -0.1) is 0 Å². The molecule has 1 aromatic carbocycles. The van der Waals surface area contributed by atoms with E-state index in [4.69, 9.17) is 5.26 Å². The number of nitrogens with one attached hydrogen (secondary N) is 1. The van der Waals surface area contributed by atoms with Crippen LogP contribution in [-0.2, 0) is 0 Å². The van der Waals surface area contributed by atoms with Crippen molar-refractivity contribution < 1.29 is 0 Å². The molecule has 0 unspecified atom stereocenters. The molecule has 2 nitrogen and oxygen atoms in total. The van der Waals surface area contributed by atoms with E-state index in [1.807, 2.05) is 24.3 Å². The molecule has 1 N–H and O–H groups in total. The molecule has 0 aromatic heterocycles. The third-order valence-electron chi connectivity index (χ3n) is 2.45. The van der Waals surface area contributed by atoms with E-state index in [1.54, 1.807) is 0 Å². The summed E-state index contributed by atoms with van der Waals surface area (Å²) in [5.41, 5.74) is 3.35. The van der Waals surface area contributed by atoms with Gasteiger partial charge >= 0.3 is 0 Å². The SMILES string of the molecule is N#Cc1ccc(C2=CCNCC2)cc1. The number of benzene rings is 1. The monoisotopic (exact) mass is 184 g/mol. The van der Waals surface area contributed by atoms with Crippen LogP contribution < -0.4 is 5.32 Å². The maximum atomic E-state index is 8.66. The zero-order valence-corrected chi connectivity index (χ0v) is 7.96. The first-order valence-electron chi connectivity index (χ1n) is 4.80. The smallest absolute Gasteiger partial charge is 0.0991 e. The molecule has 14 heavy (non-hydrogen) atoms.